The zero-order valence-corrected chi connectivity index (χ0v) is 7.12. The quantitative estimate of drug-likeness (QED) is 0.579. The molecule has 0 saturated carbocycles. The molecule has 0 aromatic heterocycles. The molecule has 0 heterocycles. The summed E-state index contributed by atoms with van der Waals surface area (Å²) >= 11 is 0. The number of anilines is 1. The van der Waals surface area contributed by atoms with Crippen molar-refractivity contribution in [3.8, 4) is 0 Å². The Kier molecular flexibility index (Phi) is 3.08. The lowest BCUT2D eigenvalue weighted by molar-refractivity contribution is 0.196. The molecule has 3 heteroatoms. The van der Waals surface area contributed by atoms with Crippen molar-refractivity contribution in [2.45, 2.75) is 13.2 Å². The average Bonchev–Trinajstić information content (AvgIpc) is 2.03. The Balaban J connectivity index is 2.48. The molecule has 1 aromatic rings. The van der Waals surface area contributed by atoms with Crippen molar-refractivity contribution in [1.29, 1.82) is 0 Å². The van der Waals surface area contributed by atoms with Gasteiger partial charge in [0.05, 0.1) is 6.54 Å². The van der Waals surface area contributed by atoms with Gasteiger partial charge in [-0.1, -0.05) is 17.7 Å². The number of hydrogen-bond donors (Lipinski definition) is 3. The van der Waals surface area contributed by atoms with Crippen LogP contribution < -0.4 is 11.1 Å². The molecule has 0 amide bonds. The van der Waals surface area contributed by atoms with Gasteiger partial charge in [-0.15, -0.1) is 0 Å². The van der Waals surface area contributed by atoms with Gasteiger partial charge in [0.15, 0.2) is 0 Å². The van der Waals surface area contributed by atoms with Crippen LogP contribution in [0.4, 0.5) is 5.69 Å². The molecular weight excluding hydrogens is 152 g/mol. The summed E-state index contributed by atoms with van der Waals surface area (Å²) in [5.41, 5.74) is 7.36. The predicted octanol–water partition coefficient (Wildman–Crippen LogP) is 0.684. The highest BCUT2D eigenvalue weighted by atomic mass is 16.3. The minimum Gasteiger partial charge on any atom is -0.381 e. The largest absolute Gasteiger partial charge is 0.381 e. The van der Waals surface area contributed by atoms with Crippen LogP contribution in [0.2, 0.25) is 0 Å². The minimum atomic E-state index is -0.800. The van der Waals surface area contributed by atoms with Gasteiger partial charge in [0.25, 0.3) is 0 Å². The lowest BCUT2D eigenvalue weighted by Gasteiger charge is -2.07. The number of aryl methyl sites for hydroxylation is 1. The van der Waals surface area contributed by atoms with E-state index in [1.807, 2.05) is 31.2 Å². The zero-order valence-electron chi connectivity index (χ0n) is 7.12. The van der Waals surface area contributed by atoms with Crippen LogP contribution in [0.1, 0.15) is 5.56 Å². The molecule has 0 bridgehead atoms. The molecule has 1 unspecified atom stereocenters. The second-order valence-corrected chi connectivity index (χ2v) is 2.81. The van der Waals surface area contributed by atoms with E-state index in [-0.39, 0.29) is 0 Å². The fourth-order valence-electron chi connectivity index (χ4n) is 0.894. The van der Waals surface area contributed by atoms with Crippen LogP contribution in [0.15, 0.2) is 24.3 Å². The predicted molar refractivity (Wildman–Crippen MR) is 49.9 cm³/mol. The first-order valence-electron chi connectivity index (χ1n) is 3.92. The lowest BCUT2D eigenvalue weighted by Crippen LogP contribution is -2.28. The molecule has 0 spiro atoms. The standard InChI is InChI=1S/C9H14N2O/c1-7-2-4-8(5-3-7)11-6-9(10)12/h2-5,9,11-12H,6,10H2,1H3. The monoisotopic (exact) mass is 166 g/mol. The maximum absolute atomic E-state index is 8.78. The number of aliphatic hydroxyl groups excluding tert-OH is 1. The first-order valence-corrected chi connectivity index (χ1v) is 3.92. The number of benzene rings is 1. The highest BCUT2D eigenvalue weighted by Crippen LogP contribution is 2.07. The van der Waals surface area contributed by atoms with E-state index in [4.69, 9.17) is 10.8 Å². The third-order valence-electron chi connectivity index (χ3n) is 1.57. The van der Waals surface area contributed by atoms with Crippen molar-refractivity contribution in [3.05, 3.63) is 29.8 Å². The topological polar surface area (TPSA) is 58.3 Å². The third kappa shape index (κ3) is 2.90. The molecule has 66 valence electrons. The third-order valence-corrected chi connectivity index (χ3v) is 1.57. The minimum absolute atomic E-state index is 0.378. The highest BCUT2D eigenvalue weighted by Gasteiger charge is 1.94. The summed E-state index contributed by atoms with van der Waals surface area (Å²) in [7, 11) is 0. The molecular formula is C9H14N2O. The number of hydrogen-bond acceptors (Lipinski definition) is 3. The van der Waals surface area contributed by atoms with Gasteiger partial charge in [-0.05, 0) is 19.1 Å². The van der Waals surface area contributed by atoms with Crippen molar-refractivity contribution >= 4 is 5.69 Å². The molecule has 0 aliphatic carbocycles. The molecule has 1 atom stereocenters. The van der Waals surface area contributed by atoms with Crippen molar-refractivity contribution in [3.63, 3.8) is 0 Å². The Hall–Kier alpha value is -1.06. The molecule has 4 N–H and O–H groups in total. The highest BCUT2D eigenvalue weighted by molar-refractivity contribution is 5.44. The maximum Gasteiger partial charge on any atom is 0.119 e. The molecule has 0 aliphatic heterocycles. The van der Waals surface area contributed by atoms with Gasteiger partial charge in [-0.25, -0.2) is 0 Å². The Morgan fingerprint density at radius 1 is 1.42 bits per heavy atom. The van der Waals surface area contributed by atoms with Crippen molar-refractivity contribution in [2.75, 3.05) is 11.9 Å². The lowest BCUT2D eigenvalue weighted by atomic mass is 10.2. The summed E-state index contributed by atoms with van der Waals surface area (Å²) in [5, 5.41) is 11.8. The van der Waals surface area contributed by atoms with Crippen LogP contribution >= 0.6 is 0 Å². The summed E-state index contributed by atoms with van der Waals surface area (Å²) in [5.74, 6) is 0. The summed E-state index contributed by atoms with van der Waals surface area (Å²) < 4.78 is 0. The normalized spacial score (nSPS) is 12.6. The van der Waals surface area contributed by atoms with Crippen LogP contribution in [0, 0.1) is 6.92 Å². The van der Waals surface area contributed by atoms with Crippen molar-refractivity contribution in [2.24, 2.45) is 5.73 Å². The molecule has 0 saturated heterocycles. The summed E-state index contributed by atoms with van der Waals surface area (Å²) in [4.78, 5) is 0. The molecule has 1 aromatic carbocycles. The Labute approximate surface area is 72.2 Å². The fourth-order valence-corrected chi connectivity index (χ4v) is 0.894. The van der Waals surface area contributed by atoms with E-state index in [0.717, 1.165) is 5.69 Å². The molecule has 0 radical (unpaired) electrons. The second-order valence-electron chi connectivity index (χ2n) is 2.81. The van der Waals surface area contributed by atoms with Gasteiger partial charge in [-0.2, -0.15) is 0 Å². The Bertz CT molecular complexity index is 231. The first kappa shape index (κ1) is 9.03. The fraction of sp³-hybridized carbons (Fsp3) is 0.333. The van der Waals surface area contributed by atoms with Crippen LogP contribution in [-0.4, -0.2) is 17.9 Å². The maximum atomic E-state index is 8.78. The van der Waals surface area contributed by atoms with Crippen molar-refractivity contribution in [1.82, 2.24) is 0 Å². The SMILES string of the molecule is Cc1ccc(NCC(N)O)cc1. The average molecular weight is 166 g/mol. The van der Waals surface area contributed by atoms with Gasteiger partial charge in [0.1, 0.15) is 6.23 Å². The summed E-state index contributed by atoms with van der Waals surface area (Å²) in [6.45, 7) is 2.41. The summed E-state index contributed by atoms with van der Waals surface area (Å²) in [6.07, 6.45) is -0.800. The van der Waals surface area contributed by atoms with Crippen molar-refractivity contribution < 1.29 is 5.11 Å². The van der Waals surface area contributed by atoms with Crippen LogP contribution in [0.25, 0.3) is 0 Å². The molecule has 1 rings (SSSR count). The number of aliphatic hydroxyl groups is 1. The van der Waals surface area contributed by atoms with E-state index in [2.05, 4.69) is 5.32 Å². The molecule has 0 aliphatic rings. The van der Waals surface area contributed by atoms with Gasteiger partial charge in [0, 0.05) is 5.69 Å². The van der Waals surface area contributed by atoms with Gasteiger partial charge < -0.3 is 16.2 Å². The molecule has 0 fully saturated rings. The molecule has 12 heavy (non-hydrogen) atoms. The van der Waals surface area contributed by atoms with Crippen LogP contribution in [0.5, 0.6) is 0 Å². The number of rotatable bonds is 3. The smallest absolute Gasteiger partial charge is 0.119 e. The van der Waals surface area contributed by atoms with Gasteiger partial charge in [0.2, 0.25) is 0 Å². The number of nitrogens with two attached hydrogens (primary N) is 1. The zero-order chi connectivity index (χ0) is 8.97. The van der Waals surface area contributed by atoms with Gasteiger partial charge in [-0.3, -0.25) is 0 Å². The van der Waals surface area contributed by atoms with E-state index < -0.39 is 6.23 Å². The van der Waals surface area contributed by atoms with E-state index in [0.29, 0.717) is 6.54 Å². The van der Waals surface area contributed by atoms with E-state index in [1.165, 1.54) is 5.56 Å². The molecule has 3 nitrogen and oxygen atoms in total. The summed E-state index contributed by atoms with van der Waals surface area (Å²) in [6, 6.07) is 7.92. The van der Waals surface area contributed by atoms with Crippen LogP contribution in [-0.2, 0) is 0 Å². The van der Waals surface area contributed by atoms with Crippen LogP contribution in [0.3, 0.4) is 0 Å². The Morgan fingerprint density at radius 3 is 2.50 bits per heavy atom. The van der Waals surface area contributed by atoms with E-state index in [1.54, 1.807) is 0 Å². The number of nitrogens with one attached hydrogen (secondary N) is 1. The second kappa shape index (κ2) is 4.09. The van der Waals surface area contributed by atoms with E-state index in [9.17, 15) is 0 Å². The van der Waals surface area contributed by atoms with Gasteiger partial charge >= 0.3 is 0 Å². The van der Waals surface area contributed by atoms with E-state index >= 15 is 0 Å². The Morgan fingerprint density at radius 2 is 2.00 bits per heavy atom. The first-order chi connectivity index (χ1) is 5.68.